The van der Waals surface area contributed by atoms with Crippen LogP contribution in [0, 0.1) is 13.8 Å². The van der Waals surface area contributed by atoms with Crippen LogP contribution in [0.4, 0.5) is 17.3 Å². The lowest BCUT2D eigenvalue weighted by Gasteiger charge is -2.36. The van der Waals surface area contributed by atoms with Crippen molar-refractivity contribution in [1.29, 1.82) is 0 Å². The molecule has 1 saturated heterocycles. The monoisotopic (exact) mass is 482 g/mol. The van der Waals surface area contributed by atoms with E-state index < -0.39 is 0 Å². The number of nitrogens with one attached hydrogen (secondary N) is 2. The Morgan fingerprint density at radius 1 is 1.11 bits per heavy atom. The second-order valence-corrected chi connectivity index (χ2v) is 9.96. The highest BCUT2D eigenvalue weighted by Crippen LogP contribution is 2.34. The van der Waals surface area contributed by atoms with E-state index in [1.54, 1.807) is 6.07 Å². The highest BCUT2D eigenvalue weighted by atomic mass is 16.5. The van der Waals surface area contributed by atoms with Crippen molar-refractivity contribution in [2.75, 3.05) is 23.7 Å². The Morgan fingerprint density at radius 2 is 1.89 bits per heavy atom. The van der Waals surface area contributed by atoms with Gasteiger partial charge >= 0.3 is 0 Å². The number of amides is 1. The van der Waals surface area contributed by atoms with Gasteiger partial charge in [0.1, 0.15) is 0 Å². The van der Waals surface area contributed by atoms with Gasteiger partial charge in [-0.15, -0.1) is 0 Å². The summed E-state index contributed by atoms with van der Waals surface area (Å²) in [7, 11) is 0. The van der Waals surface area contributed by atoms with Crippen molar-refractivity contribution in [3.05, 3.63) is 83.0 Å². The quantitative estimate of drug-likeness (QED) is 0.556. The lowest BCUT2D eigenvalue weighted by molar-refractivity contribution is 0.0613. The average Bonchev–Trinajstić information content (AvgIpc) is 3.44. The molecule has 1 amide bonds. The molecule has 0 atom stereocenters. The maximum Gasteiger partial charge on any atom is 0.253 e. The number of carbonyl (C=O) groups is 1. The normalized spacial score (nSPS) is 17.4. The van der Waals surface area contributed by atoms with E-state index in [9.17, 15) is 4.79 Å². The number of ether oxygens (including phenoxy) is 1. The predicted octanol–water partition coefficient (Wildman–Crippen LogP) is 4.73. The van der Waals surface area contributed by atoms with Crippen molar-refractivity contribution >= 4 is 23.2 Å². The first kappa shape index (κ1) is 22.5. The third-order valence-corrected chi connectivity index (χ3v) is 7.16. The van der Waals surface area contributed by atoms with Gasteiger partial charge in [0.25, 0.3) is 5.91 Å². The van der Waals surface area contributed by atoms with Crippen LogP contribution in [-0.2, 0) is 13.1 Å². The topological polar surface area (TPSA) is 82.6 Å². The summed E-state index contributed by atoms with van der Waals surface area (Å²) in [5.74, 6) is 1.83. The first-order valence-corrected chi connectivity index (χ1v) is 12.4. The fourth-order valence-electron chi connectivity index (χ4n) is 5.44. The number of rotatable bonds is 4. The number of hydrogen-bond acceptors (Lipinski definition) is 7. The summed E-state index contributed by atoms with van der Waals surface area (Å²) in [6, 6.07) is 12.3. The molecule has 184 valence electrons. The molecule has 8 nitrogen and oxygen atoms in total. The number of aromatic nitrogens is 2. The number of nitrogens with zero attached hydrogens (tertiary/aromatic N) is 4. The van der Waals surface area contributed by atoms with Crippen molar-refractivity contribution in [2.24, 2.45) is 0 Å². The molecular weight excluding hydrogens is 452 g/mol. The van der Waals surface area contributed by atoms with E-state index in [1.165, 1.54) is 16.7 Å². The summed E-state index contributed by atoms with van der Waals surface area (Å²) in [6.07, 6.45) is 3.84. The molecule has 3 aromatic rings. The summed E-state index contributed by atoms with van der Waals surface area (Å²) in [5, 5.41) is 6.41. The van der Waals surface area contributed by atoms with E-state index in [2.05, 4.69) is 59.1 Å². The molecule has 8 heteroatoms. The van der Waals surface area contributed by atoms with Crippen molar-refractivity contribution < 1.29 is 9.53 Å². The molecule has 0 aliphatic carbocycles. The van der Waals surface area contributed by atoms with E-state index in [4.69, 9.17) is 9.72 Å². The number of carbonyl (C=O) groups excluding carboxylic acids is 1. The van der Waals surface area contributed by atoms with Gasteiger partial charge in [-0.25, -0.2) is 9.97 Å². The van der Waals surface area contributed by atoms with Gasteiger partial charge in [-0.1, -0.05) is 6.07 Å². The predicted molar refractivity (Wildman–Crippen MR) is 139 cm³/mol. The summed E-state index contributed by atoms with van der Waals surface area (Å²) in [5.41, 5.74) is 7.20. The van der Waals surface area contributed by atoms with Crippen LogP contribution < -0.4 is 15.4 Å². The summed E-state index contributed by atoms with van der Waals surface area (Å²) in [4.78, 5) is 26.9. The largest absolute Gasteiger partial charge is 0.439 e. The average molecular weight is 483 g/mol. The first-order chi connectivity index (χ1) is 17.4. The third-order valence-electron chi connectivity index (χ3n) is 7.16. The fraction of sp³-hybridized carbons (Fsp3) is 0.321. The second-order valence-electron chi connectivity index (χ2n) is 9.96. The van der Waals surface area contributed by atoms with Crippen LogP contribution in [0.25, 0.3) is 0 Å². The number of fused-ring (bicyclic) bond motifs is 2. The van der Waals surface area contributed by atoms with Gasteiger partial charge < -0.3 is 20.3 Å². The number of likely N-dealkylation sites (tertiary alicyclic amines) is 1. The summed E-state index contributed by atoms with van der Waals surface area (Å²) >= 11 is 0. The highest BCUT2D eigenvalue weighted by molar-refractivity contribution is 5.95. The summed E-state index contributed by atoms with van der Waals surface area (Å²) < 4.78 is 5.55. The Bertz CT molecular complexity index is 1340. The van der Waals surface area contributed by atoms with E-state index in [0.717, 1.165) is 56.1 Å². The molecule has 1 aromatic heterocycles. The number of piperidine rings is 1. The zero-order valence-electron chi connectivity index (χ0n) is 20.7. The first-order valence-electron chi connectivity index (χ1n) is 12.4. The Labute approximate surface area is 211 Å². The van der Waals surface area contributed by atoms with Crippen LogP contribution in [-0.4, -0.2) is 44.8 Å². The molecule has 4 heterocycles. The number of benzene rings is 2. The standard InChI is InChI=1S/C28H30N6O2/c1-17-10-18(2)12-22(11-17)31-28-29-14-21-15-34(16-25(21)32-28)23-6-8-33(9-7-23)27(35)20-4-5-24-26(13-20)36-19(3)30-24/h4-5,10-14,23,30H,3,6-9,15-16H2,1-2H3,(H,29,31,32). The van der Waals surface area contributed by atoms with Crippen LogP contribution in [0.3, 0.4) is 0 Å². The lowest BCUT2D eigenvalue weighted by atomic mass is 10.0. The Balaban J connectivity index is 1.06. The van der Waals surface area contributed by atoms with Crippen molar-refractivity contribution in [3.8, 4) is 5.75 Å². The number of anilines is 3. The molecule has 1 fully saturated rings. The molecule has 6 rings (SSSR count). The lowest BCUT2D eigenvalue weighted by Crippen LogP contribution is -2.45. The summed E-state index contributed by atoms with van der Waals surface area (Å²) in [6.45, 7) is 11.1. The third kappa shape index (κ3) is 4.40. The van der Waals surface area contributed by atoms with Crippen molar-refractivity contribution in [1.82, 2.24) is 19.8 Å². The van der Waals surface area contributed by atoms with E-state index in [1.807, 2.05) is 23.2 Å². The Kier molecular flexibility index (Phi) is 5.60. The molecule has 2 N–H and O–H groups in total. The molecule has 0 bridgehead atoms. The van der Waals surface area contributed by atoms with E-state index >= 15 is 0 Å². The van der Waals surface area contributed by atoms with Crippen LogP contribution >= 0.6 is 0 Å². The number of aryl methyl sites for hydroxylation is 2. The molecule has 36 heavy (non-hydrogen) atoms. The van der Waals surface area contributed by atoms with Crippen LogP contribution in [0.15, 0.2) is 55.1 Å². The zero-order chi connectivity index (χ0) is 24.8. The zero-order valence-corrected chi connectivity index (χ0v) is 20.7. The van der Waals surface area contributed by atoms with Gasteiger partial charge in [0, 0.05) is 55.2 Å². The van der Waals surface area contributed by atoms with Gasteiger partial charge in [-0.3, -0.25) is 9.69 Å². The Hall–Kier alpha value is -3.91. The van der Waals surface area contributed by atoms with Gasteiger partial charge in [-0.2, -0.15) is 0 Å². The highest BCUT2D eigenvalue weighted by Gasteiger charge is 2.32. The van der Waals surface area contributed by atoms with Crippen molar-refractivity contribution in [2.45, 2.75) is 45.8 Å². The SMILES string of the molecule is C=C1Nc2ccc(C(=O)N3CCC(N4Cc5cnc(Nc6cc(C)cc(C)c6)nc5C4)CC3)cc2O1. The van der Waals surface area contributed by atoms with Gasteiger partial charge in [0.2, 0.25) is 5.95 Å². The maximum absolute atomic E-state index is 13.1. The molecule has 0 saturated carbocycles. The minimum atomic E-state index is 0.0510. The molecule has 3 aliphatic heterocycles. The maximum atomic E-state index is 13.1. The van der Waals surface area contributed by atoms with Crippen LogP contribution in [0.1, 0.15) is 45.6 Å². The van der Waals surface area contributed by atoms with E-state index in [0.29, 0.717) is 29.2 Å². The minimum Gasteiger partial charge on any atom is -0.439 e. The van der Waals surface area contributed by atoms with Gasteiger partial charge in [0.15, 0.2) is 11.6 Å². The van der Waals surface area contributed by atoms with E-state index in [-0.39, 0.29) is 5.91 Å². The molecule has 0 spiro atoms. The fourth-order valence-corrected chi connectivity index (χ4v) is 5.44. The van der Waals surface area contributed by atoms with Gasteiger partial charge in [0.05, 0.1) is 11.4 Å². The number of hydrogen-bond donors (Lipinski definition) is 2. The van der Waals surface area contributed by atoms with Crippen LogP contribution in [0.5, 0.6) is 5.75 Å². The Morgan fingerprint density at radius 3 is 2.67 bits per heavy atom. The van der Waals surface area contributed by atoms with Gasteiger partial charge in [-0.05, 0) is 74.7 Å². The smallest absolute Gasteiger partial charge is 0.253 e. The minimum absolute atomic E-state index is 0.0510. The van der Waals surface area contributed by atoms with Crippen LogP contribution in [0.2, 0.25) is 0 Å². The molecule has 0 radical (unpaired) electrons. The molecular formula is C28H30N6O2. The second kappa shape index (κ2) is 8.95. The van der Waals surface area contributed by atoms with Crippen molar-refractivity contribution in [3.63, 3.8) is 0 Å². The molecule has 0 unspecified atom stereocenters. The molecule has 2 aromatic carbocycles. The molecule has 3 aliphatic rings.